The van der Waals surface area contributed by atoms with Crippen LogP contribution in [0, 0.1) is 0 Å². The number of hydrogen-bond donors (Lipinski definition) is 2. The van der Waals surface area contributed by atoms with Crippen molar-refractivity contribution in [3.05, 3.63) is 29.1 Å². The lowest BCUT2D eigenvalue weighted by Crippen LogP contribution is -2.15. The standard InChI is InChI=1S/C14H12BrF2N5O4S/c1-25-13-8(4-19-14(21-13)26-6-11(16)17)22-27(23,24)9-5-18-12-7(9)2-3-10(15)20-12/h2-5,11,22H,6H2,1H3,(H,18,20). The molecule has 0 saturated carbocycles. The predicted molar refractivity (Wildman–Crippen MR) is 94.7 cm³/mol. The summed E-state index contributed by atoms with van der Waals surface area (Å²) in [5.41, 5.74) is 0.296. The Hall–Kier alpha value is -2.54. The van der Waals surface area contributed by atoms with Gasteiger partial charge in [-0.1, -0.05) is 0 Å². The molecular formula is C14H12BrF2N5O4S. The molecule has 144 valence electrons. The highest BCUT2D eigenvalue weighted by atomic mass is 79.9. The van der Waals surface area contributed by atoms with Crippen LogP contribution in [-0.2, 0) is 10.0 Å². The molecule has 0 fully saturated rings. The van der Waals surface area contributed by atoms with Gasteiger partial charge in [-0.15, -0.1) is 0 Å². The number of anilines is 1. The average Bonchev–Trinajstić information content (AvgIpc) is 3.04. The summed E-state index contributed by atoms with van der Waals surface area (Å²) in [4.78, 5) is 14.3. The Labute approximate surface area is 160 Å². The van der Waals surface area contributed by atoms with Gasteiger partial charge in [-0.05, 0) is 28.1 Å². The number of rotatable bonds is 7. The van der Waals surface area contributed by atoms with Gasteiger partial charge in [0.2, 0.25) is 5.88 Å². The summed E-state index contributed by atoms with van der Waals surface area (Å²) < 4.78 is 62.4. The van der Waals surface area contributed by atoms with Crippen LogP contribution < -0.4 is 14.2 Å². The number of nitrogens with one attached hydrogen (secondary N) is 2. The van der Waals surface area contributed by atoms with E-state index >= 15 is 0 Å². The Kier molecular flexibility index (Phi) is 5.41. The van der Waals surface area contributed by atoms with Gasteiger partial charge in [0, 0.05) is 11.6 Å². The van der Waals surface area contributed by atoms with E-state index in [1.54, 1.807) is 12.1 Å². The molecule has 2 N–H and O–H groups in total. The Morgan fingerprint density at radius 2 is 2.11 bits per heavy atom. The number of pyridine rings is 1. The minimum absolute atomic E-state index is 0.0439. The molecule has 3 heterocycles. The van der Waals surface area contributed by atoms with Gasteiger partial charge in [0.15, 0.2) is 6.61 Å². The second-order valence-corrected chi connectivity index (χ2v) is 7.53. The van der Waals surface area contributed by atoms with Crippen LogP contribution >= 0.6 is 15.9 Å². The molecule has 13 heteroatoms. The molecular weight excluding hydrogens is 452 g/mol. The molecule has 3 rings (SSSR count). The van der Waals surface area contributed by atoms with E-state index in [4.69, 9.17) is 4.74 Å². The van der Waals surface area contributed by atoms with Crippen molar-refractivity contribution in [3.63, 3.8) is 0 Å². The third-order valence-corrected chi connectivity index (χ3v) is 5.11. The Bertz CT molecular complexity index is 1080. The van der Waals surface area contributed by atoms with Crippen molar-refractivity contribution in [1.82, 2.24) is 19.9 Å². The molecule has 3 aromatic rings. The molecule has 0 aromatic carbocycles. The summed E-state index contributed by atoms with van der Waals surface area (Å²) in [5.74, 6) is -0.182. The van der Waals surface area contributed by atoms with Crippen molar-refractivity contribution in [2.75, 3.05) is 18.4 Å². The van der Waals surface area contributed by atoms with Crippen molar-refractivity contribution >= 4 is 42.7 Å². The van der Waals surface area contributed by atoms with E-state index in [1.807, 2.05) is 0 Å². The second-order valence-electron chi connectivity index (χ2n) is 5.07. The SMILES string of the molecule is COc1nc(OCC(F)F)ncc1NS(=O)(=O)c1c[nH]c2nc(Br)ccc12. The summed E-state index contributed by atoms with van der Waals surface area (Å²) in [6, 6.07) is 2.83. The summed E-state index contributed by atoms with van der Waals surface area (Å²) >= 11 is 3.21. The molecule has 0 bridgehead atoms. The van der Waals surface area contributed by atoms with Gasteiger partial charge in [-0.3, -0.25) is 4.72 Å². The third kappa shape index (κ3) is 4.24. The maximum Gasteiger partial charge on any atom is 0.320 e. The third-order valence-electron chi connectivity index (χ3n) is 3.26. The molecule has 0 radical (unpaired) electrons. The molecule has 9 nitrogen and oxygen atoms in total. The van der Waals surface area contributed by atoms with E-state index in [2.05, 4.69) is 45.3 Å². The number of H-pyrrole nitrogens is 1. The molecule has 3 aromatic heterocycles. The number of fused-ring (bicyclic) bond motifs is 1. The summed E-state index contributed by atoms with van der Waals surface area (Å²) in [7, 11) is -2.80. The number of methoxy groups -OCH3 is 1. The number of aromatic nitrogens is 4. The largest absolute Gasteiger partial charge is 0.479 e. The number of sulfonamides is 1. The smallest absolute Gasteiger partial charge is 0.320 e. The van der Waals surface area contributed by atoms with E-state index in [0.29, 0.717) is 15.6 Å². The topological polar surface area (TPSA) is 119 Å². The van der Waals surface area contributed by atoms with Crippen molar-refractivity contribution in [1.29, 1.82) is 0 Å². The molecule has 0 aliphatic carbocycles. The van der Waals surface area contributed by atoms with Crippen molar-refractivity contribution in [2.24, 2.45) is 0 Å². The van der Waals surface area contributed by atoms with E-state index < -0.39 is 23.1 Å². The fraction of sp³-hybridized carbons (Fsp3) is 0.214. The van der Waals surface area contributed by atoms with Crippen molar-refractivity contribution in [2.45, 2.75) is 11.3 Å². The summed E-state index contributed by atoms with van der Waals surface area (Å²) in [5, 5.41) is 0.377. The molecule has 0 unspecified atom stereocenters. The van der Waals surface area contributed by atoms with Crippen LogP contribution in [0.25, 0.3) is 11.0 Å². The minimum atomic E-state index is -4.04. The first-order valence-corrected chi connectivity index (χ1v) is 9.56. The summed E-state index contributed by atoms with van der Waals surface area (Å²) in [6.07, 6.45) is -0.346. The van der Waals surface area contributed by atoms with E-state index in [9.17, 15) is 17.2 Å². The van der Waals surface area contributed by atoms with Gasteiger partial charge < -0.3 is 14.5 Å². The zero-order chi connectivity index (χ0) is 19.6. The van der Waals surface area contributed by atoms with Crippen LogP contribution in [0.3, 0.4) is 0 Å². The maximum absolute atomic E-state index is 12.7. The van der Waals surface area contributed by atoms with Crippen molar-refractivity contribution < 1.29 is 26.7 Å². The first-order chi connectivity index (χ1) is 12.8. The van der Waals surface area contributed by atoms with Crippen LogP contribution in [0.15, 0.2) is 34.0 Å². The Morgan fingerprint density at radius 3 is 2.81 bits per heavy atom. The molecule has 27 heavy (non-hydrogen) atoms. The van der Waals surface area contributed by atoms with Crippen LogP contribution in [0.2, 0.25) is 0 Å². The second kappa shape index (κ2) is 7.60. The van der Waals surface area contributed by atoms with Gasteiger partial charge in [-0.2, -0.15) is 4.98 Å². The van der Waals surface area contributed by atoms with E-state index in [0.717, 1.165) is 6.20 Å². The lowest BCUT2D eigenvalue weighted by molar-refractivity contribution is 0.0766. The van der Waals surface area contributed by atoms with Crippen LogP contribution in [0.5, 0.6) is 11.9 Å². The average molecular weight is 464 g/mol. The lowest BCUT2D eigenvalue weighted by atomic mass is 10.3. The highest BCUT2D eigenvalue weighted by Gasteiger charge is 2.22. The lowest BCUT2D eigenvalue weighted by Gasteiger charge is -2.11. The number of halogens is 3. The number of hydrogen-bond acceptors (Lipinski definition) is 7. The van der Waals surface area contributed by atoms with Gasteiger partial charge in [0.05, 0.1) is 13.3 Å². The quantitative estimate of drug-likeness (QED) is 0.516. The Balaban J connectivity index is 1.90. The number of alkyl halides is 2. The van der Waals surface area contributed by atoms with E-state index in [1.165, 1.54) is 13.3 Å². The summed E-state index contributed by atoms with van der Waals surface area (Å²) in [6.45, 7) is -0.897. The van der Waals surface area contributed by atoms with Gasteiger partial charge in [0.25, 0.3) is 16.4 Å². The molecule has 0 amide bonds. The number of aromatic amines is 1. The number of ether oxygens (including phenoxy) is 2. The van der Waals surface area contributed by atoms with Crippen molar-refractivity contribution in [3.8, 4) is 11.9 Å². The monoisotopic (exact) mass is 463 g/mol. The highest BCUT2D eigenvalue weighted by molar-refractivity contribution is 9.10. The first-order valence-electron chi connectivity index (χ1n) is 7.28. The van der Waals surface area contributed by atoms with Gasteiger partial charge in [0.1, 0.15) is 20.8 Å². The van der Waals surface area contributed by atoms with Gasteiger partial charge >= 0.3 is 6.01 Å². The normalized spacial score (nSPS) is 11.7. The van der Waals surface area contributed by atoms with Crippen LogP contribution in [0.1, 0.15) is 0 Å². The highest BCUT2D eigenvalue weighted by Crippen LogP contribution is 2.29. The van der Waals surface area contributed by atoms with Gasteiger partial charge in [-0.25, -0.2) is 27.2 Å². The first kappa shape index (κ1) is 19.2. The fourth-order valence-electron chi connectivity index (χ4n) is 2.16. The molecule has 0 aliphatic rings. The van der Waals surface area contributed by atoms with E-state index in [-0.39, 0.29) is 22.5 Å². The predicted octanol–water partition coefficient (Wildman–Crippen LogP) is 2.57. The van der Waals surface area contributed by atoms with Crippen LogP contribution in [-0.4, -0.2) is 48.5 Å². The fourth-order valence-corrected chi connectivity index (χ4v) is 3.68. The molecule has 0 aliphatic heterocycles. The van der Waals surface area contributed by atoms with Crippen LogP contribution in [0.4, 0.5) is 14.5 Å². The molecule has 0 saturated heterocycles. The Morgan fingerprint density at radius 1 is 1.33 bits per heavy atom. The molecule has 0 atom stereocenters. The zero-order valence-electron chi connectivity index (χ0n) is 13.6. The molecule has 0 spiro atoms. The maximum atomic E-state index is 12.7. The minimum Gasteiger partial charge on any atom is -0.479 e. The zero-order valence-corrected chi connectivity index (χ0v) is 16.0. The number of nitrogens with zero attached hydrogens (tertiary/aromatic N) is 3.